The van der Waals surface area contributed by atoms with Gasteiger partial charge in [-0.15, -0.1) is 0 Å². The Hall–Kier alpha value is -2.45. The van der Waals surface area contributed by atoms with Crippen LogP contribution in [0.2, 0.25) is 5.02 Å². The van der Waals surface area contributed by atoms with Crippen molar-refractivity contribution in [2.24, 2.45) is 11.6 Å². The zero-order chi connectivity index (χ0) is 17.0. The zero-order valence-electron chi connectivity index (χ0n) is 12.1. The van der Waals surface area contributed by atoms with Crippen LogP contribution >= 0.6 is 11.6 Å². The second kappa shape index (κ2) is 7.21. The quantitative estimate of drug-likeness (QED) is 0.640. The van der Waals surface area contributed by atoms with Crippen molar-refractivity contribution in [3.05, 3.63) is 58.6 Å². The molecule has 2 rings (SSSR count). The molecule has 0 fully saturated rings. The lowest BCUT2D eigenvalue weighted by atomic mass is 10.2. The summed E-state index contributed by atoms with van der Waals surface area (Å²) in [6, 6.07) is 2.42. The number of hydrazine groups is 1. The third kappa shape index (κ3) is 4.27. The van der Waals surface area contributed by atoms with Crippen molar-refractivity contribution in [2.45, 2.75) is 6.92 Å². The summed E-state index contributed by atoms with van der Waals surface area (Å²) < 4.78 is 32.4. The van der Waals surface area contributed by atoms with Gasteiger partial charge in [-0.1, -0.05) is 11.6 Å². The summed E-state index contributed by atoms with van der Waals surface area (Å²) in [5.74, 6) is 4.30. The minimum absolute atomic E-state index is 0.0189. The summed E-state index contributed by atoms with van der Waals surface area (Å²) in [5.41, 5.74) is 5.78. The standard InChI is InChI=1S/C14H14ClF2N5O/c1-8-11(16)2-3-12(13(8)17)22(19)6-10(18)7-23-14-20-4-9(15)5-21-14/h2-6H,7,18-19H2,1H3/b10-6-. The van der Waals surface area contributed by atoms with Gasteiger partial charge in [0.25, 0.3) is 0 Å². The molecule has 0 atom stereocenters. The van der Waals surface area contributed by atoms with Crippen molar-refractivity contribution < 1.29 is 13.5 Å². The van der Waals surface area contributed by atoms with Crippen molar-refractivity contribution in [2.75, 3.05) is 11.6 Å². The van der Waals surface area contributed by atoms with E-state index in [2.05, 4.69) is 9.97 Å². The van der Waals surface area contributed by atoms with Crippen molar-refractivity contribution in [1.82, 2.24) is 9.97 Å². The Labute approximate surface area is 136 Å². The molecule has 0 aliphatic carbocycles. The van der Waals surface area contributed by atoms with E-state index < -0.39 is 11.6 Å². The average Bonchev–Trinajstić information content (AvgIpc) is 2.52. The number of ether oxygens (including phenoxy) is 1. The van der Waals surface area contributed by atoms with Crippen LogP contribution in [-0.4, -0.2) is 16.6 Å². The molecule has 0 saturated heterocycles. The number of nitrogens with two attached hydrogens (primary N) is 2. The van der Waals surface area contributed by atoms with E-state index in [-0.39, 0.29) is 29.6 Å². The zero-order valence-corrected chi connectivity index (χ0v) is 12.9. The molecule has 0 saturated carbocycles. The lowest BCUT2D eigenvalue weighted by Gasteiger charge is -2.17. The summed E-state index contributed by atoms with van der Waals surface area (Å²) >= 11 is 5.65. The normalized spacial score (nSPS) is 11.4. The van der Waals surface area contributed by atoms with Gasteiger partial charge in [-0.2, -0.15) is 0 Å². The molecule has 4 N–H and O–H groups in total. The third-order valence-electron chi connectivity index (χ3n) is 2.85. The molecule has 6 nitrogen and oxygen atoms in total. The van der Waals surface area contributed by atoms with Crippen LogP contribution in [0, 0.1) is 18.6 Å². The Kier molecular flexibility index (Phi) is 5.30. The van der Waals surface area contributed by atoms with Gasteiger partial charge < -0.3 is 10.5 Å². The first-order valence-electron chi connectivity index (χ1n) is 6.43. The van der Waals surface area contributed by atoms with E-state index in [0.717, 1.165) is 11.1 Å². The highest BCUT2D eigenvalue weighted by molar-refractivity contribution is 6.30. The van der Waals surface area contributed by atoms with E-state index in [9.17, 15) is 8.78 Å². The lowest BCUT2D eigenvalue weighted by Crippen LogP contribution is -2.28. The third-order valence-corrected chi connectivity index (χ3v) is 3.04. The van der Waals surface area contributed by atoms with Crippen LogP contribution < -0.4 is 21.3 Å². The van der Waals surface area contributed by atoms with Crippen LogP contribution in [0.15, 0.2) is 36.4 Å². The van der Waals surface area contributed by atoms with Gasteiger partial charge in [0.15, 0.2) is 5.82 Å². The number of hydrogen-bond donors (Lipinski definition) is 2. The topological polar surface area (TPSA) is 90.3 Å². The van der Waals surface area contributed by atoms with Gasteiger partial charge >= 0.3 is 6.01 Å². The van der Waals surface area contributed by atoms with Gasteiger partial charge in [-0.3, -0.25) is 5.01 Å². The fourth-order valence-electron chi connectivity index (χ4n) is 1.65. The molecule has 1 aromatic heterocycles. The molecule has 1 heterocycles. The van der Waals surface area contributed by atoms with E-state index in [4.69, 9.17) is 27.9 Å². The first-order valence-corrected chi connectivity index (χ1v) is 6.81. The highest BCUT2D eigenvalue weighted by Gasteiger charge is 2.13. The molecule has 0 aliphatic rings. The van der Waals surface area contributed by atoms with Gasteiger partial charge in [-0.05, 0) is 19.1 Å². The summed E-state index contributed by atoms with van der Waals surface area (Å²) in [4.78, 5) is 7.66. The molecule has 0 spiro atoms. The van der Waals surface area contributed by atoms with Crippen LogP contribution in [0.5, 0.6) is 6.01 Å². The molecule has 1 aromatic carbocycles. The Morgan fingerprint density at radius 3 is 2.65 bits per heavy atom. The van der Waals surface area contributed by atoms with E-state index in [0.29, 0.717) is 5.02 Å². The van der Waals surface area contributed by atoms with E-state index in [1.165, 1.54) is 31.6 Å². The van der Waals surface area contributed by atoms with Crippen LogP contribution in [0.25, 0.3) is 0 Å². The van der Waals surface area contributed by atoms with Crippen molar-refractivity contribution >= 4 is 17.3 Å². The number of aromatic nitrogens is 2. The smallest absolute Gasteiger partial charge is 0.316 e. The maximum absolute atomic E-state index is 14.0. The Balaban J connectivity index is 2.05. The van der Waals surface area contributed by atoms with Crippen LogP contribution in [0.4, 0.5) is 14.5 Å². The van der Waals surface area contributed by atoms with E-state index in [1.54, 1.807) is 0 Å². The highest BCUT2D eigenvalue weighted by Crippen LogP contribution is 2.22. The lowest BCUT2D eigenvalue weighted by molar-refractivity contribution is 0.321. The Morgan fingerprint density at radius 1 is 1.35 bits per heavy atom. The van der Waals surface area contributed by atoms with Crippen molar-refractivity contribution in [1.29, 1.82) is 0 Å². The number of halogens is 3. The van der Waals surface area contributed by atoms with E-state index >= 15 is 0 Å². The molecule has 0 amide bonds. The Morgan fingerprint density at radius 2 is 2.00 bits per heavy atom. The summed E-state index contributed by atoms with van der Waals surface area (Å²) in [7, 11) is 0. The van der Waals surface area contributed by atoms with Gasteiger partial charge in [0, 0.05) is 11.8 Å². The Bertz CT molecular complexity index is 724. The molecule has 2 aromatic rings. The predicted molar refractivity (Wildman–Crippen MR) is 82.6 cm³/mol. The largest absolute Gasteiger partial charge is 0.457 e. The maximum atomic E-state index is 14.0. The minimum atomic E-state index is -0.765. The average molecular weight is 342 g/mol. The predicted octanol–water partition coefficient (Wildman–Crippen LogP) is 2.28. The van der Waals surface area contributed by atoms with Crippen LogP contribution in [-0.2, 0) is 0 Å². The van der Waals surface area contributed by atoms with Gasteiger partial charge in [0.1, 0.15) is 12.4 Å². The number of benzene rings is 1. The molecule has 0 aliphatic heterocycles. The number of nitrogens with zero attached hydrogens (tertiary/aromatic N) is 3. The van der Waals surface area contributed by atoms with Crippen molar-refractivity contribution in [3.8, 4) is 6.01 Å². The maximum Gasteiger partial charge on any atom is 0.316 e. The summed E-state index contributed by atoms with van der Waals surface area (Å²) in [6.07, 6.45) is 4.00. The van der Waals surface area contributed by atoms with Crippen LogP contribution in [0.1, 0.15) is 5.56 Å². The second-order valence-corrected chi connectivity index (χ2v) is 5.03. The minimum Gasteiger partial charge on any atom is -0.457 e. The van der Waals surface area contributed by atoms with Gasteiger partial charge in [-0.25, -0.2) is 24.6 Å². The fraction of sp³-hybridized carbons (Fsp3) is 0.143. The molecule has 0 bridgehead atoms. The highest BCUT2D eigenvalue weighted by atomic mass is 35.5. The number of anilines is 1. The molecule has 0 radical (unpaired) electrons. The van der Waals surface area contributed by atoms with Gasteiger partial charge in [0.2, 0.25) is 0 Å². The molecule has 9 heteroatoms. The summed E-state index contributed by atoms with van der Waals surface area (Å²) in [5, 5.41) is 1.32. The number of rotatable bonds is 5. The fourth-order valence-corrected chi connectivity index (χ4v) is 1.75. The first kappa shape index (κ1) is 16.9. The molecule has 122 valence electrons. The molecular formula is C14H14ClF2N5O. The molecular weight excluding hydrogens is 328 g/mol. The van der Waals surface area contributed by atoms with E-state index in [1.807, 2.05) is 0 Å². The number of hydrogen-bond acceptors (Lipinski definition) is 6. The van der Waals surface area contributed by atoms with Crippen LogP contribution in [0.3, 0.4) is 0 Å². The first-order chi connectivity index (χ1) is 10.9. The monoisotopic (exact) mass is 341 g/mol. The molecule has 23 heavy (non-hydrogen) atoms. The SMILES string of the molecule is Cc1c(F)ccc(N(N)/C=C(\N)COc2ncc(Cl)cn2)c1F. The summed E-state index contributed by atoms with van der Waals surface area (Å²) in [6.45, 7) is 1.24. The second-order valence-electron chi connectivity index (χ2n) is 4.59. The van der Waals surface area contributed by atoms with Crippen molar-refractivity contribution in [3.63, 3.8) is 0 Å². The molecule has 0 unspecified atom stereocenters. The van der Waals surface area contributed by atoms with Gasteiger partial charge in [0.05, 0.1) is 28.8 Å².